The van der Waals surface area contributed by atoms with Crippen LogP contribution in [0.25, 0.3) is 11.4 Å². The van der Waals surface area contributed by atoms with Gasteiger partial charge in [0.25, 0.3) is 5.91 Å². The van der Waals surface area contributed by atoms with Crippen LogP contribution in [0.2, 0.25) is 5.02 Å². The average molecular weight is 402 g/mol. The van der Waals surface area contributed by atoms with E-state index in [1.54, 1.807) is 69.6 Å². The molecule has 3 rings (SSSR count). The van der Waals surface area contributed by atoms with E-state index in [4.69, 9.17) is 25.6 Å². The molecule has 0 aliphatic carbocycles. The lowest BCUT2D eigenvalue weighted by atomic mass is 10.2. The lowest BCUT2D eigenvalue weighted by Crippen LogP contribution is -2.37. The molecule has 146 valence electrons. The second-order valence-electron chi connectivity index (χ2n) is 6.15. The van der Waals surface area contributed by atoms with Gasteiger partial charge in [0, 0.05) is 17.6 Å². The molecule has 0 aliphatic heterocycles. The van der Waals surface area contributed by atoms with Gasteiger partial charge in [-0.05, 0) is 55.5 Å². The van der Waals surface area contributed by atoms with Gasteiger partial charge >= 0.3 is 0 Å². The zero-order valence-electron chi connectivity index (χ0n) is 15.8. The molecular formula is C20H20ClN3O4. The number of benzene rings is 2. The van der Waals surface area contributed by atoms with Gasteiger partial charge in [0.05, 0.1) is 13.7 Å². The first-order chi connectivity index (χ1) is 13.5. The number of rotatable bonds is 7. The van der Waals surface area contributed by atoms with Crippen LogP contribution in [0, 0.1) is 0 Å². The third-order valence-corrected chi connectivity index (χ3v) is 4.29. The Morgan fingerprint density at radius 2 is 1.79 bits per heavy atom. The number of aromatic nitrogens is 2. The van der Waals surface area contributed by atoms with E-state index in [9.17, 15) is 4.79 Å². The van der Waals surface area contributed by atoms with Gasteiger partial charge in [-0.25, -0.2) is 0 Å². The normalized spacial score (nSPS) is 11.7. The quantitative estimate of drug-likeness (QED) is 0.598. The van der Waals surface area contributed by atoms with Crippen LogP contribution >= 0.6 is 11.6 Å². The number of carbonyl (C=O) groups is 1. The Bertz CT molecular complexity index is 925. The molecule has 28 heavy (non-hydrogen) atoms. The molecule has 0 radical (unpaired) electrons. The lowest BCUT2D eigenvalue weighted by molar-refractivity contribution is -0.137. The highest BCUT2D eigenvalue weighted by molar-refractivity contribution is 6.30. The summed E-state index contributed by atoms with van der Waals surface area (Å²) in [4.78, 5) is 18.4. The number of hydrogen-bond donors (Lipinski definition) is 0. The fraction of sp³-hybridized carbons (Fsp3) is 0.250. The van der Waals surface area contributed by atoms with E-state index in [1.165, 1.54) is 4.90 Å². The number of methoxy groups -OCH3 is 1. The van der Waals surface area contributed by atoms with Gasteiger partial charge < -0.3 is 18.9 Å². The van der Waals surface area contributed by atoms with E-state index < -0.39 is 6.10 Å². The highest BCUT2D eigenvalue weighted by Gasteiger charge is 2.21. The maximum atomic E-state index is 12.6. The van der Waals surface area contributed by atoms with Crippen LogP contribution in [0.15, 0.2) is 53.1 Å². The molecule has 1 amide bonds. The van der Waals surface area contributed by atoms with E-state index in [2.05, 4.69) is 10.1 Å². The molecule has 1 atom stereocenters. The van der Waals surface area contributed by atoms with Gasteiger partial charge in [0.1, 0.15) is 11.5 Å². The predicted molar refractivity (Wildman–Crippen MR) is 104 cm³/mol. The topological polar surface area (TPSA) is 77.7 Å². The number of likely N-dealkylation sites (N-methyl/N-ethyl adjacent to an activating group) is 1. The van der Waals surface area contributed by atoms with Crippen LogP contribution in [0.4, 0.5) is 0 Å². The molecule has 0 saturated carbocycles. The summed E-state index contributed by atoms with van der Waals surface area (Å²) in [5.74, 6) is 1.86. The van der Waals surface area contributed by atoms with Crippen molar-refractivity contribution >= 4 is 17.5 Å². The molecule has 1 heterocycles. The average Bonchev–Trinajstić information content (AvgIpc) is 3.16. The van der Waals surface area contributed by atoms with E-state index >= 15 is 0 Å². The maximum absolute atomic E-state index is 12.6. The minimum absolute atomic E-state index is 0.176. The number of halogens is 1. The van der Waals surface area contributed by atoms with Crippen molar-refractivity contribution in [3.05, 3.63) is 59.4 Å². The van der Waals surface area contributed by atoms with Crippen molar-refractivity contribution in [2.45, 2.75) is 19.6 Å². The van der Waals surface area contributed by atoms with Crippen molar-refractivity contribution in [2.24, 2.45) is 0 Å². The van der Waals surface area contributed by atoms with Gasteiger partial charge in [0.15, 0.2) is 6.10 Å². The molecule has 0 aliphatic rings. The summed E-state index contributed by atoms with van der Waals surface area (Å²) in [5.41, 5.74) is 0.782. The molecule has 0 spiro atoms. The highest BCUT2D eigenvalue weighted by atomic mass is 35.5. The molecule has 2 aromatic carbocycles. The van der Waals surface area contributed by atoms with E-state index in [-0.39, 0.29) is 12.5 Å². The number of carbonyl (C=O) groups excluding carboxylic acids is 1. The molecule has 0 unspecified atom stereocenters. The Hall–Kier alpha value is -3.06. The summed E-state index contributed by atoms with van der Waals surface area (Å²) in [7, 11) is 3.25. The third kappa shape index (κ3) is 4.80. The van der Waals surface area contributed by atoms with Crippen LogP contribution in [-0.2, 0) is 11.3 Å². The summed E-state index contributed by atoms with van der Waals surface area (Å²) in [6.07, 6.45) is -0.669. The van der Waals surface area contributed by atoms with Crippen molar-refractivity contribution in [3.8, 4) is 22.9 Å². The van der Waals surface area contributed by atoms with Crippen molar-refractivity contribution < 1.29 is 18.8 Å². The van der Waals surface area contributed by atoms with E-state index in [0.29, 0.717) is 22.5 Å². The Labute approximate surface area is 167 Å². The zero-order chi connectivity index (χ0) is 20.1. The molecule has 0 fully saturated rings. The highest BCUT2D eigenvalue weighted by Crippen LogP contribution is 2.20. The van der Waals surface area contributed by atoms with Gasteiger partial charge in [-0.3, -0.25) is 4.79 Å². The number of nitrogens with zero attached hydrogens (tertiary/aromatic N) is 3. The van der Waals surface area contributed by atoms with Crippen LogP contribution in [0.3, 0.4) is 0 Å². The fourth-order valence-corrected chi connectivity index (χ4v) is 2.66. The fourth-order valence-electron chi connectivity index (χ4n) is 2.54. The van der Waals surface area contributed by atoms with Crippen LogP contribution in [-0.4, -0.2) is 41.2 Å². The number of hydrogen-bond acceptors (Lipinski definition) is 6. The second-order valence-corrected chi connectivity index (χ2v) is 6.58. The molecule has 8 heteroatoms. The lowest BCUT2D eigenvalue weighted by Gasteiger charge is -2.20. The van der Waals surface area contributed by atoms with E-state index in [1.807, 2.05) is 0 Å². The summed E-state index contributed by atoms with van der Waals surface area (Å²) >= 11 is 5.88. The molecule has 0 saturated heterocycles. The maximum Gasteiger partial charge on any atom is 0.263 e. The Morgan fingerprint density at radius 1 is 1.14 bits per heavy atom. The van der Waals surface area contributed by atoms with Gasteiger partial charge in [-0.15, -0.1) is 0 Å². The first-order valence-corrected chi connectivity index (χ1v) is 8.98. The first-order valence-electron chi connectivity index (χ1n) is 8.60. The standard InChI is InChI=1S/C20H20ClN3O4/c1-13(27-17-10-8-16(26-3)9-11-17)20(25)24(2)12-18-22-19(23-28-18)14-4-6-15(21)7-5-14/h4-11,13H,12H2,1-3H3/t13-/m1/s1. The SMILES string of the molecule is COc1ccc(O[C@H](C)C(=O)N(C)Cc2nc(-c3ccc(Cl)cc3)no2)cc1. The monoisotopic (exact) mass is 401 g/mol. The third-order valence-electron chi connectivity index (χ3n) is 4.04. The van der Waals surface area contributed by atoms with Gasteiger partial charge in [0.2, 0.25) is 11.7 Å². The summed E-state index contributed by atoms with van der Waals surface area (Å²) in [5, 5.41) is 4.58. The minimum atomic E-state index is -0.669. The van der Waals surface area contributed by atoms with Crippen LogP contribution in [0.1, 0.15) is 12.8 Å². The van der Waals surface area contributed by atoms with E-state index in [0.717, 1.165) is 11.3 Å². The molecule has 0 N–H and O–H groups in total. The number of ether oxygens (including phenoxy) is 2. The van der Waals surface area contributed by atoms with Gasteiger partial charge in [-0.2, -0.15) is 4.98 Å². The first kappa shape index (κ1) is 19.7. The predicted octanol–water partition coefficient (Wildman–Crippen LogP) is 3.82. The molecule has 1 aromatic heterocycles. The number of amides is 1. The van der Waals surface area contributed by atoms with Crippen molar-refractivity contribution in [2.75, 3.05) is 14.2 Å². The molecular weight excluding hydrogens is 382 g/mol. The summed E-state index contributed by atoms with van der Waals surface area (Å²) < 4.78 is 16.1. The second kappa shape index (κ2) is 8.75. The molecule has 0 bridgehead atoms. The smallest absolute Gasteiger partial charge is 0.263 e. The van der Waals surface area contributed by atoms with Gasteiger partial charge in [-0.1, -0.05) is 16.8 Å². The van der Waals surface area contributed by atoms with Crippen molar-refractivity contribution in [1.82, 2.24) is 15.0 Å². The molecule has 7 nitrogen and oxygen atoms in total. The Morgan fingerprint density at radius 3 is 2.43 bits per heavy atom. The summed E-state index contributed by atoms with van der Waals surface area (Å²) in [6.45, 7) is 1.87. The Balaban J connectivity index is 1.59. The van der Waals surface area contributed by atoms with Crippen molar-refractivity contribution in [3.63, 3.8) is 0 Å². The largest absolute Gasteiger partial charge is 0.497 e. The summed E-state index contributed by atoms with van der Waals surface area (Å²) in [6, 6.07) is 14.1. The minimum Gasteiger partial charge on any atom is -0.497 e. The zero-order valence-corrected chi connectivity index (χ0v) is 16.5. The van der Waals surface area contributed by atoms with Crippen LogP contribution in [0.5, 0.6) is 11.5 Å². The molecule has 3 aromatic rings. The Kier molecular flexibility index (Phi) is 6.16. The van der Waals surface area contributed by atoms with Crippen LogP contribution < -0.4 is 9.47 Å². The van der Waals surface area contributed by atoms with Crippen molar-refractivity contribution in [1.29, 1.82) is 0 Å².